The van der Waals surface area contributed by atoms with Gasteiger partial charge in [0, 0.05) is 13.6 Å². The lowest BCUT2D eigenvalue weighted by Gasteiger charge is -2.28. The Labute approximate surface area is 114 Å². The van der Waals surface area contributed by atoms with Crippen molar-refractivity contribution in [1.29, 1.82) is 0 Å². The third-order valence-corrected chi connectivity index (χ3v) is 2.49. The van der Waals surface area contributed by atoms with Crippen LogP contribution in [-0.4, -0.2) is 49.6 Å². The fourth-order valence-corrected chi connectivity index (χ4v) is 1.54. The summed E-state index contributed by atoms with van der Waals surface area (Å²) in [4.78, 5) is 36.0. The standard InChI is InChI=1S/C13H23NO5/c1-6-18-11(16)8-10(15)14(5)9-13(3,4)12(17)19-7-2/h6-9H2,1-5H3. The van der Waals surface area contributed by atoms with E-state index in [2.05, 4.69) is 0 Å². The van der Waals surface area contributed by atoms with E-state index >= 15 is 0 Å². The number of carbonyl (C=O) groups is 3. The second-order valence-electron chi connectivity index (χ2n) is 4.84. The van der Waals surface area contributed by atoms with Gasteiger partial charge in [0.25, 0.3) is 0 Å². The summed E-state index contributed by atoms with van der Waals surface area (Å²) in [5.74, 6) is -1.31. The Morgan fingerprint density at radius 2 is 1.58 bits per heavy atom. The predicted octanol–water partition coefficient (Wildman–Crippen LogP) is 0.987. The van der Waals surface area contributed by atoms with Gasteiger partial charge in [0.2, 0.25) is 5.91 Å². The molecule has 0 aliphatic carbocycles. The molecule has 6 nitrogen and oxygen atoms in total. The van der Waals surface area contributed by atoms with Gasteiger partial charge in [-0.2, -0.15) is 0 Å². The van der Waals surface area contributed by atoms with Crippen molar-refractivity contribution in [2.45, 2.75) is 34.1 Å². The van der Waals surface area contributed by atoms with Crippen LogP contribution in [-0.2, 0) is 23.9 Å². The number of ether oxygens (including phenoxy) is 2. The first-order valence-electron chi connectivity index (χ1n) is 6.31. The molecule has 0 saturated carbocycles. The number of nitrogens with zero attached hydrogens (tertiary/aromatic N) is 1. The lowest BCUT2D eigenvalue weighted by Crippen LogP contribution is -2.41. The molecule has 19 heavy (non-hydrogen) atoms. The molecule has 0 atom stereocenters. The molecule has 0 aromatic rings. The molecule has 0 N–H and O–H groups in total. The summed E-state index contributed by atoms with van der Waals surface area (Å²) in [6, 6.07) is 0. The third-order valence-electron chi connectivity index (χ3n) is 2.49. The maximum absolute atomic E-state index is 11.8. The van der Waals surface area contributed by atoms with Crippen LogP contribution < -0.4 is 0 Å². The number of esters is 2. The Hall–Kier alpha value is -1.59. The van der Waals surface area contributed by atoms with Crippen LogP contribution in [0.3, 0.4) is 0 Å². The van der Waals surface area contributed by atoms with Crippen LogP contribution in [0.25, 0.3) is 0 Å². The van der Waals surface area contributed by atoms with Crippen molar-refractivity contribution in [3.8, 4) is 0 Å². The fourth-order valence-electron chi connectivity index (χ4n) is 1.54. The summed E-state index contributed by atoms with van der Waals surface area (Å²) >= 11 is 0. The second-order valence-corrected chi connectivity index (χ2v) is 4.84. The highest BCUT2D eigenvalue weighted by molar-refractivity contribution is 5.94. The molecule has 0 aliphatic heterocycles. The summed E-state index contributed by atoms with van der Waals surface area (Å²) in [6.45, 7) is 7.51. The maximum Gasteiger partial charge on any atom is 0.315 e. The topological polar surface area (TPSA) is 72.9 Å². The van der Waals surface area contributed by atoms with Crippen LogP contribution in [0.4, 0.5) is 0 Å². The molecule has 0 rings (SSSR count). The van der Waals surface area contributed by atoms with Gasteiger partial charge < -0.3 is 14.4 Å². The van der Waals surface area contributed by atoms with Gasteiger partial charge >= 0.3 is 11.9 Å². The van der Waals surface area contributed by atoms with Crippen LogP contribution in [0.15, 0.2) is 0 Å². The zero-order chi connectivity index (χ0) is 15.1. The first-order chi connectivity index (χ1) is 8.74. The van der Waals surface area contributed by atoms with Gasteiger partial charge in [0.15, 0.2) is 0 Å². The molecule has 0 fully saturated rings. The highest BCUT2D eigenvalue weighted by Gasteiger charge is 2.32. The van der Waals surface area contributed by atoms with Crippen LogP contribution in [0.1, 0.15) is 34.1 Å². The van der Waals surface area contributed by atoms with Gasteiger partial charge in [-0.15, -0.1) is 0 Å². The van der Waals surface area contributed by atoms with E-state index in [1.54, 1.807) is 34.7 Å². The Morgan fingerprint density at radius 1 is 1.05 bits per heavy atom. The normalized spacial score (nSPS) is 10.8. The maximum atomic E-state index is 11.8. The molecule has 0 aromatic heterocycles. The second kappa shape index (κ2) is 7.76. The Morgan fingerprint density at radius 3 is 2.05 bits per heavy atom. The van der Waals surface area contributed by atoms with Crippen molar-refractivity contribution in [2.75, 3.05) is 26.8 Å². The Bertz CT molecular complexity index is 338. The van der Waals surface area contributed by atoms with E-state index in [1.807, 2.05) is 0 Å². The quantitative estimate of drug-likeness (QED) is 0.511. The monoisotopic (exact) mass is 273 g/mol. The molecule has 0 radical (unpaired) electrons. The smallest absolute Gasteiger partial charge is 0.315 e. The fraction of sp³-hybridized carbons (Fsp3) is 0.769. The van der Waals surface area contributed by atoms with Gasteiger partial charge in [-0.1, -0.05) is 0 Å². The molecule has 0 aliphatic rings. The van der Waals surface area contributed by atoms with Crippen LogP contribution in [0, 0.1) is 5.41 Å². The Kier molecular flexibility index (Phi) is 7.11. The van der Waals surface area contributed by atoms with E-state index < -0.39 is 11.4 Å². The van der Waals surface area contributed by atoms with E-state index in [-0.39, 0.29) is 31.4 Å². The molecule has 0 saturated heterocycles. The van der Waals surface area contributed by atoms with Crippen LogP contribution in [0.5, 0.6) is 0 Å². The average molecular weight is 273 g/mol. The highest BCUT2D eigenvalue weighted by Crippen LogP contribution is 2.19. The zero-order valence-corrected chi connectivity index (χ0v) is 12.3. The molecule has 110 valence electrons. The van der Waals surface area contributed by atoms with Crippen molar-refractivity contribution in [1.82, 2.24) is 4.90 Å². The van der Waals surface area contributed by atoms with Crippen molar-refractivity contribution in [3.05, 3.63) is 0 Å². The molecular weight excluding hydrogens is 250 g/mol. The van der Waals surface area contributed by atoms with Crippen molar-refractivity contribution < 1.29 is 23.9 Å². The van der Waals surface area contributed by atoms with Gasteiger partial charge in [0.05, 0.1) is 18.6 Å². The molecule has 0 aromatic carbocycles. The lowest BCUT2D eigenvalue weighted by molar-refractivity contribution is -0.155. The summed E-state index contributed by atoms with van der Waals surface area (Å²) in [7, 11) is 1.54. The minimum Gasteiger partial charge on any atom is -0.466 e. The number of carbonyl (C=O) groups excluding carboxylic acids is 3. The molecule has 1 amide bonds. The zero-order valence-electron chi connectivity index (χ0n) is 12.3. The van der Waals surface area contributed by atoms with E-state index in [0.29, 0.717) is 6.61 Å². The lowest BCUT2D eigenvalue weighted by atomic mass is 9.93. The number of hydrogen-bond acceptors (Lipinski definition) is 5. The van der Waals surface area contributed by atoms with Crippen LogP contribution >= 0.6 is 0 Å². The number of rotatable bonds is 7. The molecule has 0 spiro atoms. The van der Waals surface area contributed by atoms with Crippen molar-refractivity contribution in [2.24, 2.45) is 5.41 Å². The van der Waals surface area contributed by atoms with Crippen molar-refractivity contribution in [3.63, 3.8) is 0 Å². The summed E-state index contributed by atoms with van der Waals surface area (Å²) in [6.07, 6.45) is -0.316. The summed E-state index contributed by atoms with van der Waals surface area (Å²) in [5.41, 5.74) is -0.810. The average Bonchev–Trinajstić information content (AvgIpc) is 2.28. The minimum atomic E-state index is -0.810. The predicted molar refractivity (Wildman–Crippen MR) is 69.3 cm³/mol. The first kappa shape index (κ1) is 17.4. The van der Waals surface area contributed by atoms with Gasteiger partial charge in [-0.05, 0) is 27.7 Å². The molecule has 0 bridgehead atoms. The van der Waals surface area contributed by atoms with E-state index in [0.717, 1.165) is 0 Å². The number of hydrogen-bond donors (Lipinski definition) is 0. The SMILES string of the molecule is CCOC(=O)CC(=O)N(C)CC(C)(C)C(=O)OCC. The first-order valence-corrected chi connectivity index (χ1v) is 6.31. The molecule has 0 heterocycles. The van der Waals surface area contributed by atoms with E-state index in [1.165, 1.54) is 4.90 Å². The number of amides is 1. The Balaban J connectivity index is 4.42. The third kappa shape index (κ3) is 6.22. The van der Waals surface area contributed by atoms with E-state index in [4.69, 9.17) is 9.47 Å². The summed E-state index contributed by atoms with van der Waals surface area (Å²) < 4.78 is 9.64. The van der Waals surface area contributed by atoms with Gasteiger partial charge in [-0.3, -0.25) is 14.4 Å². The van der Waals surface area contributed by atoms with E-state index in [9.17, 15) is 14.4 Å². The minimum absolute atomic E-state index is 0.185. The largest absolute Gasteiger partial charge is 0.466 e. The molecule has 6 heteroatoms. The van der Waals surface area contributed by atoms with Crippen LogP contribution in [0.2, 0.25) is 0 Å². The highest BCUT2D eigenvalue weighted by atomic mass is 16.5. The van der Waals surface area contributed by atoms with Gasteiger partial charge in [-0.25, -0.2) is 0 Å². The van der Waals surface area contributed by atoms with Gasteiger partial charge in [0.1, 0.15) is 6.42 Å². The molecular formula is C13H23NO5. The molecule has 0 unspecified atom stereocenters. The summed E-state index contributed by atoms with van der Waals surface area (Å²) in [5, 5.41) is 0. The van der Waals surface area contributed by atoms with Crippen molar-refractivity contribution >= 4 is 17.8 Å².